The van der Waals surface area contributed by atoms with E-state index in [1.807, 2.05) is 36.5 Å². The number of nitrogens with zero attached hydrogens (tertiary/aromatic N) is 1. The lowest BCUT2D eigenvalue weighted by Gasteiger charge is -1.93. The van der Waals surface area contributed by atoms with Gasteiger partial charge in [-0.1, -0.05) is 25.1 Å². The molecule has 3 rings (SSSR count). The zero-order valence-corrected chi connectivity index (χ0v) is 8.68. The normalized spacial score (nSPS) is 24.1. The zero-order chi connectivity index (χ0) is 10.3. The van der Waals surface area contributed by atoms with Gasteiger partial charge >= 0.3 is 0 Å². The molecule has 1 fully saturated rings. The molecule has 1 aromatic heterocycles. The molecule has 0 saturated heterocycles. The Morgan fingerprint density at radius 1 is 1.27 bits per heavy atom. The van der Waals surface area contributed by atoms with E-state index in [1.54, 1.807) is 0 Å². The van der Waals surface area contributed by atoms with Crippen molar-refractivity contribution < 1.29 is 4.42 Å². The third-order valence-electron chi connectivity index (χ3n) is 3.02. The van der Waals surface area contributed by atoms with Gasteiger partial charge < -0.3 is 4.42 Å². The van der Waals surface area contributed by atoms with Crippen LogP contribution in [0.4, 0.5) is 0 Å². The quantitative estimate of drug-likeness (QED) is 0.740. The Bertz CT molecular complexity index is 460. The highest BCUT2D eigenvalue weighted by Gasteiger charge is 2.37. The number of benzene rings is 1. The topological polar surface area (TPSA) is 26.0 Å². The van der Waals surface area contributed by atoms with Crippen LogP contribution < -0.4 is 0 Å². The highest BCUT2D eigenvalue weighted by Crippen LogP contribution is 2.47. The summed E-state index contributed by atoms with van der Waals surface area (Å²) < 4.78 is 5.75. The highest BCUT2D eigenvalue weighted by atomic mass is 16.4. The summed E-state index contributed by atoms with van der Waals surface area (Å²) in [5, 5.41) is 0. The van der Waals surface area contributed by atoms with E-state index < -0.39 is 0 Å². The smallest absolute Gasteiger partial charge is 0.226 e. The Hall–Kier alpha value is -1.57. The predicted molar refractivity (Wildman–Crippen MR) is 58.5 cm³/mol. The predicted octanol–water partition coefficient (Wildman–Crippen LogP) is 3.47. The van der Waals surface area contributed by atoms with Crippen LogP contribution in [-0.2, 0) is 0 Å². The van der Waals surface area contributed by atoms with Gasteiger partial charge in [-0.05, 0) is 24.5 Å². The molecule has 2 atom stereocenters. The van der Waals surface area contributed by atoms with Crippen LogP contribution in [0.15, 0.2) is 40.9 Å². The lowest BCUT2D eigenvalue weighted by atomic mass is 10.2. The summed E-state index contributed by atoms with van der Waals surface area (Å²) in [6, 6.07) is 10.0. The van der Waals surface area contributed by atoms with Gasteiger partial charge in [0, 0.05) is 11.5 Å². The number of aromatic nitrogens is 1. The van der Waals surface area contributed by atoms with Crippen molar-refractivity contribution >= 4 is 0 Å². The van der Waals surface area contributed by atoms with E-state index >= 15 is 0 Å². The van der Waals surface area contributed by atoms with Gasteiger partial charge in [0.05, 0.1) is 6.20 Å². The molecule has 0 spiro atoms. The third kappa shape index (κ3) is 1.56. The van der Waals surface area contributed by atoms with Crippen molar-refractivity contribution in [3.8, 4) is 11.5 Å². The minimum atomic E-state index is 0.606. The summed E-state index contributed by atoms with van der Waals surface area (Å²) in [7, 11) is 0. The fraction of sp³-hybridized carbons (Fsp3) is 0.308. The third-order valence-corrected chi connectivity index (χ3v) is 3.02. The van der Waals surface area contributed by atoms with Gasteiger partial charge in [0.2, 0.25) is 5.89 Å². The Morgan fingerprint density at radius 2 is 2.00 bits per heavy atom. The van der Waals surface area contributed by atoms with Crippen molar-refractivity contribution in [3.05, 3.63) is 42.3 Å². The summed E-state index contributed by atoms with van der Waals surface area (Å²) in [4.78, 5) is 4.32. The van der Waals surface area contributed by atoms with Crippen molar-refractivity contribution in [2.24, 2.45) is 5.92 Å². The van der Waals surface area contributed by atoms with Crippen molar-refractivity contribution in [3.63, 3.8) is 0 Å². The number of oxazole rings is 1. The van der Waals surface area contributed by atoms with Crippen LogP contribution >= 0.6 is 0 Å². The van der Waals surface area contributed by atoms with Gasteiger partial charge in [-0.25, -0.2) is 4.98 Å². The fourth-order valence-corrected chi connectivity index (χ4v) is 1.89. The molecule has 0 bridgehead atoms. The molecule has 0 N–H and O–H groups in total. The molecule has 1 aliphatic carbocycles. The minimum Gasteiger partial charge on any atom is -0.441 e. The molecular weight excluding hydrogens is 186 g/mol. The first-order valence-corrected chi connectivity index (χ1v) is 5.36. The first-order chi connectivity index (χ1) is 7.34. The molecule has 76 valence electrons. The van der Waals surface area contributed by atoms with E-state index in [1.165, 1.54) is 6.42 Å². The van der Waals surface area contributed by atoms with Gasteiger partial charge in [0.15, 0.2) is 0 Å². The van der Waals surface area contributed by atoms with E-state index in [4.69, 9.17) is 4.42 Å². The maximum Gasteiger partial charge on any atom is 0.226 e. The molecule has 0 unspecified atom stereocenters. The van der Waals surface area contributed by atoms with E-state index in [2.05, 4.69) is 11.9 Å². The average molecular weight is 199 g/mol. The van der Waals surface area contributed by atoms with E-state index in [0.29, 0.717) is 5.92 Å². The molecule has 0 aliphatic heterocycles. The Labute approximate surface area is 89.0 Å². The summed E-state index contributed by atoms with van der Waals surface area (Å²) in [6.07, 6.45) is 3.11. The van der Waals surface area contributed by atoms with Gasteiger partial charge in [-0.3, -0.25) is 0 Å². The van der Waals surface area contributed by atoms with Crippen LogP contribution in [0, 0.1) is 5.92 Å². The molecular formula is C13H13NO. The second-order valence-electron chi connectivity index (χ2n) is 4.25. The molecule has 2 heteroatoms. The molecule has 1 aliphatic rings. The average Bonchev–Trinajstić information content (AvgIpc) is 2.83. The van der Waals surface area contributed by atoms with Crippen molar-refractivity contribution in [2.75, 3.05) is 0 Å². The van der Waals surface area contributed by atoms with Crippen LogP contribution in [0.2, 0.25) is 0 Å². The number of rotatable bonds is 2. The van der Waals surface area contributed by atoms with Crippen LogP contribution in [0.25, 0.3) is 11.5 Å². The lowest BCUT2D eigenvalue weighted by Crippen LogP contribution is -1.75. The standard InChI is InChI=1S/C13H13NO/c1-9-7-11(9)12-8-14-13(15-12)10-5-3-2-4-6-10/h2-6,8-9,11H,7H2,1H3/t9-,11-/m0/s1. The van der Waals surface area contributed by atoms with Crippen molar-refractivity contribution in [1.82, 2.24) is 4.98 Å². The number of hydrogen-bond acceptors (Lipinski definition) is 2. The molecule has 1 aromatic carbocycles. The fourth-order valence-electron chi connectivity index (χ4n) is 1.89. The molecule has 1 saturated carbocycles. The van der Waals surface area contributed by atoms with Crippen molar-refractivity contribution in [2.45, 2.75) is 19.3 Å². The SMILES string of the molecule is C[C@H]1C[C@@H]1c1cnc(-c2ccccc2)o1. The van der Waals surface area contributed by atoms with E-state index in [9.17, 15) is 0 Å². The molecule has 0 amide bonds. The lowest BCUT2D eigenvalue weighted by molar-refractivity contribution is 0.514. The van der Waals surface area contributed by atoms with Crippen LogP contribution in [0.3, 0.4) is 0 Å². The second-order valence-corrected chi connectivity index (χ2v) is 4.25. The highest BCUT2D eigenvalue weighted by molar-refractivity contribution is 5.52. The Balaban J connectivity index is 1.91. The number of hydrogen-bond donors (Lipinski definition) is 0. The van der Waals surface area contributed by atoms with Crippen LogP contribution in [-0.4, -0.2) is 4.98 Å². The molecule has 0 radical (unpaired) electrons. The summed E-state index contributed by atoms with van der Waals surface area (Å²) >= 11 is 0. The van der Waals surface area contributed by atoms with Gasteiger partial charge in [0.25, 0.3) is 0 Å². The summed E-state index contributed by atoms with van der Waals surface area (Å²) in [5.74, 6) is 3.16. The van der Waals surface area contributed by atoms with Gasteiger partial charge in [-0.2, -0.15) is 0 Å². The zero-order valence-electron chi connectivity index (χ0n) is 8.68. The maximum absolute atomic E-state index is 5.75. The molecule has 2 nitrogen and oxygen atoms in total. The van der Waals surface area contributed by atoms with Crippen molar-refractivity contribution in [1.29, 1.82) is 0 Å². The van der Waals surface area contributed by atoms with Gasteiger partial charge in [0.1, 0.15) is 5.76 Å². The Morgan fingerprint density at radius 3 is 2.67 bits per heavy atom. The monoisotopic (exact) mass is 199 g/mol. The van der Waals surface area contributed by atoms with Crippen LogP contribution in [0.1, 0.15) is 25.0 Å². The first kappa shape index (κ1) is 8.72. The summed E-state index contributed by atoms with van der Waals surface area (Å²) in [5.41, 5.74) is 1.05. The summed E-state index contributed by atoms with van der Waals surface area (Å²) in [6.45, 7) is 2.25. The Kier molecular flexibility index (Phi) is 1.88. The van der Waals surface area contributed by atoms with E-state index in [0.717, 1.165) is 23.1 Å². The minimum absolute atomic E-state index is 0.606. The molecule has 1 heterocycles. The maximum atomic E-state index is 5.75. The second kappa shape index (κ2) is 3.23. The first-order valence-electron chi connectivity index (χ1n) is 5.36. The molecule has 2 aromatic rings. The van der Waals surface area contributed by atoms with Crippen LogP contribution in [0.5, 0.6) is 0 Å². The largest absolute Gasteiger partial charge is 0.441 e. The van der Waals surface area contributed by atoms with Gasteiger partial charge in [-0.15, -0.1) is 0 Å². The molecule has 15 heavy (non-hydrogen) atoms. The van der Waals surface area contributed by atoms with E-state index in [-0.39, 0.29) is 0 Å².